The maximum Gasteiger partial charge on any atom is 0.338 e. The van der Waals surface area contributed by atoms with Gasteiger partial charge in [-0.2, -0.15) is 0 Å². The molecule has 0 aliphatic carbocycles. The van der Waals surface area contributed by atoms with Gasteiger partial charge >= 0.3 is 5.97 Å². The third kappa shape index (κ3) is 6.39. The first-order chi connectivity index (χ1) is 12.1. The van der Waals surface area contributed by atoms with E-state index >= 15 is 0 Å². The summed E-state index contributed by atoms with van der Waals surface area (Å²) in [7, 11) is 0. The fourth-order valence-electron chi connectivity index (χ4n) is 2.38. The number of benzene rings is 2. The van der Waals surface area contributed by atoms with Gasteiger partial charge in [0.2, 0.25) is 0 Å². The fourth-order valence-corrected chi connectivity index (χ4v) is 2.38. The van der Waals surface area contributed by atoms with Gasteiger partial charge < -0.3 is 15.2 Å². The molecule has 0 fully saturated rings. The number of hydrogen-bond donors (Lipinski definition) is 2. The van der Waals surface area contributed by atoms with Crippen molar-refractivity contribution in [2.24, 2.45) is 0 Å². The number of hydrogen-bond acceptors (Lipinski definition) is 4. The molecule has 2 aromatic rings. The van der Waals surface area contributed by atoms with Crippen LogP contribution in [0.4, 0.5) is 0 Å². The van der Waals surface area contributed by atoms with Gasteiger partial charge in [-0.3, -0.25) is 4.79 Å². The van der Waals surface area contributed by atoms with E-state index in [2.05, 4.69) is 17.4 Å². The van der Waals surface area contributed by atoms with Gasteiger partial charge in [0.1, 0.15) is 0 Å². The van der Waals surface area contributed by atoms with Gasteiger partial charge in [0.15, 0.2) is 6.61 Å². The van der Waals surface area contributed by atoms with Crippen LogP contribution in [0.25, 0.3) is 0 Å². The highest BCUT2D eigenvalue weighted by Gasteiger charge is 2.12. The molecule has 132 valence electrons. The molecule has 0 aliphatic rings. The van der Waals surface area contributed by atoms with Crippen LogP contribution in [0.15, 0.2) is 54.6 Å². The molecule has 1 amide bonds. The molecule has 1 atom stereocenters. The van der Waals surface area contributed by atoms with Crippen LogP contribution in [-0.4, -0.2) is 29.6 Å². The Morgan fingerprint density at radius 2 is 1.72 bits per heavy atom. The zero-order valence-electron chi connectivity index (χ0n) is 14.3. The first kappa shape index (κ1) is 18.7. The number of ether oxygens (including phenoxy) is 1. The zero-order valence-corrected chi connectivity index (χ0v) is 14.3. The number of amides is 1. The summed E-state index contributed by atoms with van der Waals surface area (Å²) in [5.41, 5.74) is 2.28. The van der Waals surface area contributed by atoms with Crippen molar-refractivity contribution in [2.45, 2.75) is 32.4 Å². The van der Waals surface area contributed by atoms with Gasteiger partial charge in [-0.05, 0) is 43.0 Å². The predicted molar refractivity (Wildman–Crippen MR) is 95.0 cm³/mol. The molecule has 2 aromatic carbocycles. The van der Waals surface area contributed by atoms with Crippen LogP contribution in [0, 0.1) is 0 Å². The number of aryl methyl sites for hydroxylation is 1. The van der Waals surface area contributed by atoms with E-state index in [0.29, 0.717) is 11.1 Å². The van der Waals surface area contributed by atoms with E-state index < -0.39 is 5.97 Å². The predicted octanol–water partition coefficient (Wildman–Crippen LogP) is 2.47. The Morgan fingerprint density at radius 1 is 1.04 bits per heavy atom. The molecule has 2 rings (SSSR count). The van der Waals surface area contributed by atoms with Crippen molar-refractivity contribution < 1.29 is 19.4 Å². The van der Waals surface area contributed by atoms with E-state index in [-0.39, 0.29) is 25.2 Å². The van der Waals surface area contributed by atoms with Crippen LogP contribution < -0.4 is 5.32 Å². The van der Waals surface area contributed by atoms with Crippen LogP contribution >= 0.6 is 0 Å². The molecule has 0 aromatic heterocycles. The molecular formula is C20H23NO4. The van der Waals surface area contributed by atoms with E-state index in [1.165, 1.54) is 5.56 Å². The van der Waals surface area contributed by atoms with Crippen molar-refractivity contribution in [3.63, 3.8) is 0 Å². The monoisotopic (exact) mass is 341 g/mol. The van der Waals surface area contributed by atoms with E-state index in [0.717, 1.165) is 12.8 Å². The second-order valence-electron chi connectivity index (χ2n) is 5.92. The summed E-state index contributed by atoms with van der Waals surface area (Å²) < 4.78 is 5.01. The molecule has 2 N–H and O–H groups in total. The summed E-state index contributed by atoms with van der Waals surface area (Å²) in [4.78, 5) is 23.8. The topological polar surface area (TPSA) is 75.6 Å². The van der Waals surface area contributed by atoms with E-state index in [1.807, 2.05) is 25.1 Å². The summed E-state index contributed by atoms with van der Waals surface area (Å²) in [6, 6.07) is 16.5. The first-order valence-electron chi connectivity index (χ1n) is 8.28. The quantitative estimate of drug-likeness (QED) is 0.723. The minimum atomic E-state index is -0.559. The number of carbonyl (C=O) groups is 2. The van der Waals surface area contributed by atoms with Crippen LogP contribution in [-0.2, 0) is 22.6 Å². The molecule has 0 aliphatic heterocycles. The van der Waals surface area contributed by atoms with Gasteiger partial charge in [0.05, 0.1) is 12.2 Å². The van der Waals surface area contributed by atoms with Gasteiger partial charge in [0, 0.05) is 6.04 Å². The largest absolute Gasteiger partial charge is 0.452 e. The minimum absolute atomic E-state index is 0.00440. The van der Waals surface area contributed by atoms with E-state index in [4.69, 9.17) is 9.84 Å². The Labute approximate surface area is 147 Å². The standard InChI is InChI=1S/C20H23NO4/c1-15(7-8-16-5-3-2-4-6-16)21-19(23)14-25-20(24)18-11-9-17(13-22)10-12-18/h2-6,9-12,15,22H,7-8,13-14H2,1H3,(H,21,23)/t15-/m1/s1. The molecule has 0 unspecified atom stereocenters. The molecule has 0 saturated heterocycles. The summed E-state index contributed by atoms with van der Waals surface area (Å²) >= 11 is 0. The maximum atomic E-state index is 11.9. The fraction of sp³-hybridized carbons (Fsp3) is 0.300. The van der Waals surface area contributed by atoms with E-state index in [1.54, 1.807) is 24.3 Å². The second kappa shape index (κ2) is 9.59. The van der Waals surface area contributed by atoms with Gasteiger partial charge in [0.25, 0.3) is 5.91 Å². The van der Waals surface area contributed by atoms with E-state index in [9.17, 15) is 9.59 Å². The summed E-state index contributed by atoms with van der Waals surface area (Å²) in [5.74, 6) is -0.877. The summed E-state index contributed by atoms with van der Waals surface area (Å²) in [6.45, 7) is 1.53. The van der Waals surface area contributed by atoms with Gasteiger partial charge in [-0.15, -0.1) is 0 Å². The van der Waals surface area contributed by atoms with Crippen molar-refractivity contribution in [2.75, 3.05) is 6.61 Å². The third-order valence-corrected chi connectivity index (χ3v) is 3.82. The van der Waals surface area contributed by atoms with Crippen LogP contribution in [0.5, 0.6) is 0 Å². The molecule has 0 heterocycles. The molecule has 0 spiro atoms. The number of aliphatic hydroxyl groups is 1. The lowest BCUT2D eigenvalue weighted by Gasteiger charge is -2.14. The van der Waals surface area contributed by atoms with Crippen LogP contribution in [0.2, 0.25) is 0 Å². The molecule has 0 bridgehead atoms. The van der Waals surface area contributed by atoms with Gasteiger partial charge in [-0.25, -0.2) is 4.79 Å². The normalized spacial score (nSPS) is 11.6. The molecule has 0 saturated carbocycles. The first-order valence-corrected chi connectivity index (χ1v) is 8.28. The highest BCUT2D eigenvalue weighted by atomic mass is 16.5. The van der Waals surface area contributed by atoms with Crippen molar-refractivity contribution in [1.82, 2.24) is 5.32 Å². The number of nitrogens with one attached hydrogen (secondary N) is 1. The van der Waals surface area contributed by atoms with Crippen molar-refractivity contribution in [1.29, 1.82) is 0 Å². The Hall–Kier alpha value is -2.66. The zero-order chi connectivity index (χ0) is 18.1. The summed E-state index contributed by atoms with van der Waals surface area (Å²) in [6.07, 6.45) is 1.69. The maximum absolute atomic E-state index is 11.9. The SMILES string of the molecule is C[C@H](CCc1ccccc1)NC(=O)COC(=O)c1ccc(CO)cc1. The minimum Gasteiger partial charge on any atom is -0.452 e. The van der Waals surface area contributed by atoms with Crippen molar-refractivity contribution in [3.05, 3.63) is 71.3 Å². The lowest BCUT2D eigenvalue weighted by Crippen LogP contribution is -2.36. The van der Waals surface area contributed by atoms with Crippen molar-refractivity contribution in [3.8, 4) is 0 Å². The third-order valence-electron chi connectivity index (χ3n) is 3.82. The Kier molecular flexibility index (Phi) is 7.16. The smallest absolute Gasteiger partial charge is 0.338 e. The highest BCUT2D eigenvalue weighted by Crippen LogP contribution is 2.07. The molecule has 25 heavy (non-hydrogen) atoms. The Bertz CT molecular complexity index is 683. The lowest BCUT2D eigenvalue weighted by molar-refractivity contribution is -0.124. The average Bonchev–Trinajstić information content (AvgIpc) is 2.65. The van der Waals surface area contributed by atoms with Crippen molar-refractivity contribution >= 4 is 11.9 Å². The second-order valence-corrected chi connectivity index (χ2v) is 5.92. The van der Waals surface area contributed by atoms with Crippen LogP contribution in [0.3, 0.4) is 0 Å². The number of rotatable bonds is 8. The average molecular weight is 341 g/mol. The van der Waals surface area contributed by atoms with Crippen LogP contribution in [0.1, 0.15) is 34.8 Å². The Balaban J connectivity index is 1.71. The molecular weight excluding hydrogens is 318 g/mol. The Morgan fingerprint density at radius 3 is 2.36 bits per heavy atom. The highest BCUT2D eigenvalue weighted by molar-refractivity contribution is 5.91. The molecule has 0 radical (unpaired) electrons. The summed E-state index contributed by atoms with van der Waals surface area (Å²) in [5, 5.41) is 11.8. The molecule has 5 nitrogen and oxygen atoms in total. The number of esters is 1. The number of aliphatic hydroxyl groups excluding tert-OH is 1. The lowest BCUT2D eigenvalue weighted by atomic mass is 10.1. The number of carbonyl (C=O) groups excluding carboxylic acids is 2. The molecule has 5 heteroatoms. The van der Waals surface area contributed by atoms with Gasteiger partial charge in [-0.1, -0.05) is 42.5 Å².